The van der Waals surface area contributed by atoms with Gasteiger partial charge in [0.1, 0.15) is 0 Å². The Hall–Kier alpha value is -0.120. The zero-order valence-electron chi connectivity index (χ0n) is 12.3. The fourth-order valence-corrected chi connectivity index (χ4v) is 4.54. The number of ether oxygens (including phenoxy) is 1. The first-order chi connectivity index (χ1) is 9.33. The Bertz CT molecular complexity index is 286. The first-order valence-electron chi connectivity index (χ1n) is 8.39. The van der Waals surface area contributed by atoms with Gasteiger partial charge in [-0.15, -0.1) is 0 Å². The molecule has 1 heterocycles. The van der Waals surface area contributed by atoms with Gasteiger partial charge in [0.25, 0.3) is 0 Å². The van der Waals surface area contributed by atoms with Crippen LogP contribution in [0.4, 0.5) is 0 Å². The third-order valence-electron chi connectivity index (χ3n) is 5.73. The number of hydrogen-bond acceptors (Lipinski definition) is 3. The molecule has 110 valence electrons. The molecule has 0 amide bonds. The molecule has 3 heteroatoms. The Morgan fingerprint density at radius 1 is 1.05 bits per heavy atom. The van der Waals surface area contributed by atoms with Gasteiger partial charge in [0, 0.05) is 19.1 Å². The Morgan fingerprint density at radius 2 is 1.84 bits per heavy atom. The van der Waals surface area contributed by atoms with Gasteiger partial charge in [-0.2, -0.15) is 0 Å². The summed E-state index contributed by atoms with van der Waals surface area (Å²) in [6.07, 6.45) is 12.8. The zero-order valence-corrected chi connectivity index (χ0v) is 12.3. The highest BCUT2D eigenvalue weighted by atomic mass is 16.5. The van der Waals surface area contributed by atoms with Crippen molar-refractivity contribution in [2.75, 3.05) is 26.2 Å². The quantitative estimate of drug-likeness (QED) is 0.798. The normalized spacial score (nSPS) is 35.8. The second-order valence-corrected chi connectivity index (χ2v) is 7.00. The van der Waals surface area contributed by atoms with Crippen molar-refractivity contribution in [3.05, 3.63) is 0 Å². The van der Waals surface area contributed by atoms with Crippen LogP contribution >= 0.6 is 0 Å². The van der Waals surface area contributed by atoms with Gasteiger partial charge in [-0.3, -0.25) is 4.90 Å². The van der Waals surface area contributed by atoms with Crippen LogP contribution in [0.3, 0.4) is 0 Å². The monoisotopic (exact) mass is 266 g/mol. The van der Waals surface area contributed by atoms with Gasteiger partial charge >= 0.3 is 0 Å². The number of rotatable bonds is 3. The molecule has 3 rings (SSSR count). The molecular weight excluding hydrogens is 236 g/mol. The van der Waals surface area contributed by atoms with E-state index in [0.717, 1.165) is 19.7 Å². The largest absolute Gasteiger partial charge is 0.375 e. The van der Waals surface area contributed by atoms with E-state index in [-0.39, 0.29) is 0 Å². The highest BCUT2D eigenvalue weighted by Crippen LogP contribution is 2.38. The molecule has 3 fully saturated rings. The SMILES string of the molecule is NCC1(CN2CCOC3CCCC32)CCCCCC1. The van der Waals surface area contributed by atoms with Crippen LogP contribution in [0.15, 0.2) is 0 Å². The van der Waals surface area contributed by atoms with Crippen LogP contribution in [0.2, 0.25) is 0 Å². The van der Waals surface area contributed by atoms with Crippen LogP contribution in [-0.4, -0.2) is 43.3 Å². The van der Waals surface area contributed by atoms with Gasteiger partial charge in [-0.25, -0.2) is 0 Å². The van der Waals surface area contributed by atoms with E-state index in [2.05, 4.69) is 4.90 Å². The molecule has 3 nitrogen and oxygen atoms in total. The lowest BCUT2D eigenvalue weighted by Gasteiger charge is -2.44. The van der Waals surface area contributed by atoms with Crippen molar-refractivity contribution in [3.63, 3.8) is 0 Å². The van der Waals surface area contributed by atoms with Gasteiger partial charge in [-0.05, 0) is 44.1 Å². The van der Waals surface area contributed by atoms with E-state index in [9.17, 15) is 0 Å². The second kappa shape index (κ2) is 6.11. The number of nitrogens with zero attached hydrogens (tertiary/aromatic N) is 1. The van der Waals surface area contributed by atoms with E-state index in [1.54, 1.807) is 0 Å². The minimum Gasteiger partial charge on any atom is -0.375 e. The molecule has 0 aromatic rings. The molecule has 0 radical (unpaired) electrons. The smallest absolute Gasteiger partial charge is 0.0730 e. The maximum atomic E-state index is 6.20. The fourth-order valence-electron chi connectivity index (χ4n) is 4.54. The average molecular weight is 266 g/mol. The lowest BCUT2D eigenvalue weighted by Crippen LogP contribution is -2.53. The van der Waals surface area contributed by atoms with Crippen LogP contribution < -0.4 is 5.73 Å². The summed E-state index contributed by atoms with van der Waals surface area (Å²) < 4.78 is 5.94. The van der Waals surface area contributed by atoms with Gasteiger partial charge in [0.05, 0.1) is 12.7 Å². The van der Waals surface area contributed by atoms with E-state index in [1.165, 1.54) is 64.3 Å². The van der Waals surface area contributed by atoms with Crippen molar-refractivity contribution in [2.45, 2.75) is 69.9 Å². The molecule has 0 aromatic heterocycles. The van der Waals surface area contributed by atoms with E-state index in [0.29, 0.717) is 17.6 Å². The van der Waals surface area contributed by atoms with Gasteiger partial charge in [-0.1, -0.05) is 25.7 Å². The molecule has 19 heavy (non-hydrogen) atoms. The predicted molar refractivity (Wildman–Crippen MR) is 78.1 cm³/mol. The molecule has 1 aliphatic heterocycles. The predicted octanol–water partition coefficient (Wildman–Crippen LogP) is 2.54. The Balaban J connectivity index is 1.67. The van der Waals surface area contributed by atoms with Crippen LogP contribution in [0.1, 0.15) is 57.8 Å². The summed E-state index contributed by atoms with van der Waals surface area (Å²) in [5.74, 6) is 0. The van der Waals surface area contributed by atoms with Crippen LogP contribution in [0.5, 0.6) is 0 Å². The minimum atomic E-state index is 0.404. The van der Waals surface area contributed by atoms with Crippen molar-refractivity contribution < 1.29 is 4.74 Å². The third kappa shape index (κ3) is 2.98. The van der Waals surface area contributed by atoms with Crippen molar-refractivity contribution in [1.29, 1.82) is 0 Å². The summed E-state index contributed by atoms with van der Waals surface area (Å²) in [6.45, 7) is 4.17. The molecule has 1 saturated heterocycles. The van der Waals surface area contributed by atoms with Crippen LogP contribution in [0.25, 0.3) is 0 Å². The highest BCUT2D eigenvalue weighted by Gasteiger charge is 2.40. The second-order valence-electron chi connectivity index (χ2n) is 7.00. The van der Waals surface area contributed by atoms with Gasteiger partial charge in [0.15, 0.2) is 0 Å². The number of hydrogen-bond donors (Lipinski definition) is 1. The summed E-state index contributed by atoms with van der Waals surface area (Å²) >= 11 is 0. The number of morpholine rings is 1. The summed E-state index contributed by atoms with van der Waals surface area (Å²) in [5, 5.41) is 0. The van der Waals surface area contributed by atoms with E-state index < -0.39 is 0 Å². The average Bonchev–Trinajstić information content (AvgIpc) is 2.80. The highest BCUT2D eigenvalue weighted by molar-refractivity contribution is 4.94. The number of fused-ring (bicyclic) bond motifs is 1. The molecule has 2 N–H and O–H groups in total. The van der Waals surface area contributed by atoms with Crippen molar-refractivity contribution in [2.24, 2.45) is 11.1 Å². The Kier molecular flexibility index (Phi) is 4.45. The van der Waals surface area contributed by atoms with Gasteiger partial charge < -0.3 is 10.5 Å². The Labute approximate surface area is 117 Å². The van der Waals surface area contributed by atoms with E-state index in [1.807, 2.05) is 0 Å². The lowest BCUT2D eigenvalue weighted by molar-refractivity contribution is -0.0694. The summed E-state index contributed by atoms with van der Waals surface area (Å²) in [7, 11) is 0. The number of nitrogens with two attached hydrogens (primary N) is 1. The minimum absolute atomic E-state index is 0.404. The molecule has 2 unspecified atom stereocenters. The standard InChI is InChI=1S/C16H30N2O/c17-12-16(8-3-1-2-4-9-16)13-18-10-11-19-15-7-5-6-14(15)18/h14-15H,1-13,17H2. The van der Waals surface area contributed by atoms with Crippen LogP contribution in [-0.2, 0) is 4.74 Å². The van der Waals surface area contributed by atoms with Crippen molar-refractivity contribution in [3.8, 4) is 0 Å². The molecular formula is C16H30N2O. The molecule has 2 saturated carbocycles. The zero-order chi connectivity index (χ0) is 13.1. The third-order valence-corrected chi connectivity index (χ3v) is 5.73. The van der Waals surface area contributed by atoms with Crippen LogP contribution in [0, 0.1) is 5.41 Å². The maximum Gasteiger partial charge on any atom is 0.0730 e. The molecule has 0 bridgehead atoms. The molecule has 2 aliphatic carbocycles. The Morgan fingerprint density at radius 3 is 2.58 bits per heavy atom. The van der Waals surface area contributed by atoms with E-state index >= 15 is 0 Å². The van der Waals surface area contributed by atoms with Crippen molar-refractivity contribution >= 4 is 0 Å². The summed E-state index contributed by atoms with van der Waals surface area (Å²) in [5.41, 5.74) is 6.61. The molecule has 0 spiro atoms. The molecule has 2 atom stereocenters. The topological polar surface area (TPSA) is 38.5 Å². The summed E-state index contributed by atoms with van der Waals surface area (Å²) in [6, 6.07) is 0.695. The summed E-state index contributed by atoms with van der Waals surface area (Å²) in [4.78, 5) is 2.74. The first-order valence-corrected chi connectivity index (χ1v) is 8.39. The first kappa shape index (κ1) is 13.8. The van der Waals surface area contributed by atoms with Crippen molar-refractivity contribution in [1.82, 2.24) is 4.90 Å². The fraction of sp³-hybridized carbons (Fsp3) is 1.00. The van der Waals surface area contributed by atoms with E-state index in [4.69, 9.17) is 10.5 Å². The maximum absolute atomic E-state index is 6.20. The lowest BCUT2D eigenvalue weighted by atomic mass is 9.79. The van der Waals surface area contributed by atoms with Gasteiger partial charge in [0.2, 0.25) is 0 Å². The molecule has 3 aliphatic rings. The molecule has 0 aromatic carbocycles.